The van der Waals surface area contributed by atoms with Crippen LogP contribution in [0.2, 0.25) is 0 Å². The van der Waals surface area contributed by atoms with Crippen LogP contribution in [-0.4, -0.2) is 37.9 Å². The van der Waals surface area contributed by atoms with Gasteiger partial charge in [-0.15, -0.1) is 0 Å². The first-order chi connectivity index (χ1) is 9.62. The predicted molar refractivity (Wildman–Crippen MR) is 78.3 cm³/mol. The number of nitrogens with two attached hydrogens (primary N) is 1. The summed E-state index contributed by atoms with van der Waals surface area (Å²) in [5.74, 6) is 0.854. The molecule has 0 fully saturated rings. The molecule has 1 aromatic rings. The highest BCUT2D eigenvalue weighted by molar-refractivity contribution is 5.97. The van der Waals surface area contributed by atoms with E-state index in [9.17, 15) is 0 Å². The highest BCUT2D eigenvalue weighted by atomic mass is 16.5. The molecule has 0 radical (unpaired) electrons. The van der Waals surface area contributed by atoms with E-state index in [4.69, 9.17) is 20.4 Å². The smallest absolute Gasteiger partial charge is 0.170 e. The van der Waals surface area contributed by atoms with Crippen molar-refractivity contribution in [1.29, 1.82) is 0 Å². The van der Waals surface area contributed by atoms with Gasteiger partial charge in [-0.3, -0.25) is 0 Å². The molecule has 20 heavy (non-hydrogen) atoms. The molecular weight excluding hydrogens is 258 g/mol. The number of oxime groups is 1. The molecule has 0 saturated heterocycles. The molecule has 6 nitrogen and oxygen atoms in total. The summed E-state index contributed by atoms with van der Waals surface area (Å²) in [6.45, 7) is 3.45. The molecule has 1 unspecified atom stereocenters. The van der Waals surface area contributed by atoms with Crippen molar-refractivity contribution in [2.24, 2.45) is 10.9 Å². The van der Waals surface area contributed by atoms with Crippen LogP contribution in [0.15, 0.2) is 23.4 Å². The van der Waals surface area contributed by atoms with Crippen LogP contribution in [-0.2, 0) is 11.3 Å². The van der Waals surface area contributed by atoms with Gasteiger partial charge in [0.15, 0.2) is 5.84 Å². The molecule has 0 amide bonds. The summed E-state index contributed by atoms with van der Waals surface area (Å²) in [4.78, 5) is 0. The van der Waals surface area contributed by atoms with Crippen molar-refractivity contribution < 1.29 is 14.7 Å². The Morgan fingerprint density at radius 3 is 2.80 bits per heavy atom. The van der Waals surface area contributed by atoms with Crippen molar-refractivity contribution in [3.63, 3.8) is 0 Å². The van der Waals surface area contributed by atoms with Crippen molar-refractivity contribution in [3.05, 3.63) is 29.3 Å². The molecule has 0 aliphatic rings. The minimum atomic E-state index is 0.0846. The van der Waals surface area contributed by atoms with E-state index in [0.29, 0.717) is 18.2 Å². The number of benzene rings is 1. The van der Waals surface area contributed by atoms with Gasteiger partial charge in [0.25, 0.3) is 0 Å². The summed E-state index contributed by atoms with van der Waals surface area (Å²) in [5.41, 5.74) is 7.22. The zero-order valence-electron chi connectivity index (χ0n) is 12.2. The molecule has 0 saturated carbocycles. The molecule has 0 aliphatic heterocycles. The van der Waals surface area contributed by atoms with Gasteiger partial charge in [0, 0.05) is 37.4 Å². The second-order valence-corrected chi connectivity index (χ2v) is 4.58. The van der Waals surface area contributed by atoms with Crippen molar-refractivity contribution in [2.75, 3.05) is 20.8 Å². The van der Waals surface area contributed by atoms with E-state index < -0.39 is 0 Å². The highest BCUT2D eigenvalue weighted by Gasteiger charge is 2.09. The van der Waals surface area contributed by atoms with E-state index in [1.54, 1.807) is 20.3 Å². The summed E-state index contributed by atoms with van der Waals surface area (Å²) in [6.07, 6.45) is 0.929. The van der Waals surface area contributed by atoms with Gasteiger partial charge in [-0.05, 0) is 31.5 Å². The third kappa shape index (κ3) is 4.71. The quantitative estimate of drug-likeness (QED) is 0.289. The van der Waals surface area contributed by atoms with Crippen molar-refractivity contribution in [1.82, 2.24) is 5.32 Å². The zero-order valence-corrected chi connectivity index (χ0v) is 12.2. The summed E-state index contributed by atoms with van der Waals surface area (Å²) in [5, 5.41) is 15.1. The normalized spacial score (nSPS) is 13.2. The minimum absolute atomic E-state index is 0.0846. The SMILES string of the molecule is COCCC(C)NCc1cc(/C(N)=N/O)ccc1OC. The van der Waals surface area contributed by atoms with E-state index in [1.165, 1.54) is 0 Å². The third-order valence-electron chi connectivity index (χ3n) is 3.08. The van der Waals surface area contributed by atoms with Gasteiger partial charge < -0.3 is 25.7 Å². The molecule has 1 aromatic carbocycles. The lowest BCUT2D eigenvalue weighted by Gasteiger charge is -2.15. The van der Waals surface area contributed by atoms with Gasteiger partial charge in [-0.2, -0.15) is 0 Å². The number of hydrogen-bond donors (Lipinski definition) is 3. The van der Waals surface area contributed by atoms with Crippen molar-refractivity contribution in [3.8, 4) is 5.75 Å². The average molecular weight is 281 g/mol. The predicted octanol–water partition coefficient (Wildman–Crippen LogP) is 1.30. The van der Waals surface area contributed by atoms with Crippen LogP contribution in [0.1, 0.15) is 24.5 Å². The first-order valence-electron chi connectivity index (χ1n) is 6.49. The molecule has 1 rings (SSSR count). The summed E-state index contributed by atoms with van der Waals surface area (Å²) >= 11 is 0. The van der Waals surface area contributed by atoms with E-state index in [2.05, 4.69) is 17.4 Å². The molecule has 6 heteroatoms. The van der Waals surface area contributed by atoms with Crippen LogP contribution in [0.5, 0.6) is 5.75 Å². The van der Waals surface area contributed by atoms with E-state index >= 15 is 0 Å². The minimum Gasteiger partial charge on any atom is -0.496 e. The molecule has 0 bridgehead atoms. The largest absolute Gasteiger partial charge is 0.496 e. The van der Waals surface area contributed by atoms with Gasteiger partial charge in [-0.25, -0.2) is 0 Å². The number of methoxy groups -OCH3 is 2. The Morgan fingerprint density at radius 1 is 1.45 bits per heavy atom. The van der Waals surface area contributed by atoms with Crippen LogP contribution in [0, 0.1) is 0 Å². The van der Waals surface area contributed by atoms with Crippen molar-refractivity contribution in [2.45, 2.75) is 25.9 Å². The third-order valence-corrected chi connectivity index (χ3v) is 3.08. The number of hydrogen-bond acceptors (Lipinski definition) is 5. The van der Waals surface area contributed by atoms with Crippen LogP contribution in [0.25, 0.3) is 0 Å². The zero-order chi connectivity index (χ0) is 15.0. The van der Waals surface area contributed by atoms with Gasteiger partial charge in [0.1, 0.15) is 5.75 Å². The molecule has 1 atom stereocenters. The number of rotatable bonds is 8. The fraction of sp³-hybridized carbons (Fsp3) is 0.500. The molecule has 0 heterocycles. The standard InChI is InChI=1S/C14H23N3O3/c1-10(6-7-19-2)16-9-12-8-11(14(15)17-18)4-5-13(12)20-3/h4-5,8,10,16,18H,6-7,9H2,1-3H3,(H2,15,17). The maximum absolute atomic E-state index is 8.72. The summed E-state index contributed by atoms with van der Waals surface area (Å²) in [6, 6.07) is 5.74. The lowest BCUT2D eigenvalue weighted by Crippen LogP contribution is -2.27. The number of amidine groups is 1. The monoisotopic (exact) mass is 281 g/mol. The number of ether oxygens (including phenoxy) is 2. The lowest BCUT2D eigenvalue weighted by molar-refractivity contribution is 0.184. The van der Waals surface area contributed by atoms with Gasteiger partial charge in [-0.1, -0.05) is 5.16 Å². The highest BCUT2D eigenvalue weighted by Crippen LogP contribution is 2.20. The van der Waals surface area contributed by atoms with Crippen LogP contribution in [0.4, 0.5) is 0 Å². The fourth-order valence-corrected chi connectivity index (χ4v) is 1.81. The number of nitrogens with zero attached hydrogens (tertiary/aromatic N) is 1. The number of nitrogens with one attached hydrogen (secondary N) is 1. The average Bonchev–Trinajstić information content (AvgIpc) is 2.49. The Bertz CT molecular complexity index is 449. The second-order valence-electron chi connectivity index (χ2n) is 4.58. The summed E-state index contributed by atoms with van der Waals surface area (Å²) < 4.78 is 10.4. The maximum atomic E-state index is 8.72. The second kappa shape index (κ2) is 8.39. The molecule has 0 spiro atoms. The topological polar surface area (TPSA) is 89.1 Å². The van der Waals surface area contributed by atoms with Crippen molar-refractivity contribution >= 4 is 5.84 Å². The molecule has 0 aromatic heterocycles. The van der Waals surface area contributed by atoms with Crippen LogP contribution < -0.4 is 15.8 Å². The van der Waals surface area contributed by atoms with Crippen LogP contribution in [0.3, 0.4) is 0 Å². The summed E-state index contributed by atoms with van der Waals surface area (Å²) in [7, 11) is 3.31. The van der Waals surface area contributed by atoms with Gasteiger partial charge in [0.2, 0.25) is 0 Å². The lowest BCUT2D eigenvalue weighted by atomic mass is 10.1. The molecule has 0 aliphatic carbocycles. The van der Waals surface area contributed by atoms with Crippen LogP contribution >= 0.6 is 0 Å². The molecular formula is C14H23N3O3. The van der Waals surface area contributed by atoms with E-state index in [1.807, 2.05) is 12.1 Å². The maximum Gasteiger partial charge on any atom is 0.170 e. The van der Waals surface area contributed by atoms with E-state index in [-0.39, 0.29) is 5.84 Å². The van der Waals surface area contributed by atoms with Gasteiger partial charge >= 0.3 is 0 Å². The van der Waals surface area contributed by atoms with Gasteiger partial charge in [0.05, 0.1) is 7.11 Å². The molecule has 4 N–H and O–H groups in total. The fourth-order valence-electron chi connectivity index (χ4n) is 1.81. The van der Waals surface area contributed by atoms with E-state index in [0.717, 1.165) is 24.3 Å². The first-order valence-corrected chi connectivity index (χ1v) is 6.49. The Labute approximate surface area is 119 Å². The Balaban J connectivity index is 2.76. The Morgan fingerprint density at radius 2 is 2.20 bits per heavy atom. The Kier molecular flexibility index (Phi) is 6.83. The first kappa shape index (κ1) is 16.3. The molecule has 112 valence electrons. The Hall–Kier alpha value is -1.79.